The first-order valence-corrected chi connectivity index (χ1v) is 8.94. The van der Waals surface area contributed by atoms with E-state index < -0.39 is 0 Å². The van der Waals surface area contributed by atoms with Crippen molar-refractivity contribution in [2.75, 3.05) is 38.0 Å². The van der Waals surface area contributed by atoms with Crippen LogP contribution in [-0.2, 0) is 0 Å². The number of aryl methyl sites for hydroxylation is 1. The largest absolute Gasteiger partial charge is 0.322 e. The Morgan fingerprint density at radius 1 is 1.23 bits per heavy atom. The van der Waals surface area contributed by atoms with Gasteiger partial charge in [-0.15, -0.1) is 0 Å². The van der Waals surface area contributed by atoms with Crippen LogP contribution in [-0.4, -0.2) is 48.6 Å². The smallest absolute Gasteiger partial charge is 0.321 e. The van der Waals surface area contributed by atoms with E-state index in [1.165, 1.54) is 19.3 Å². The molecule has 4 nitrogen and oxygen atoms in total. The van der Waals surface area contributed by atoms with Gasteiger partial charge in [0.1, 0.15) is 0 Å². The predicted molar refractivity (Wildman–Crippen MR) is 95.4 cm³/mol. The molecule has 1 saturated heterocycles. The van der Waals surface area contributed by atoms with Gasteiger partial charge in [-0.2, -0.15) is 0 Å². The SMILES string of the molecule is CCCCCN1CCN(C(=O)Nc2ccc(Br)cc2C)CC1. The summed E-state index contributed by atoms with van der Waals surface area (Å²) in [7, 11) is 0. The number of hydrogen-bond acceptors (Lipinski definition) is 2. The first-order chi connectivity index (χ1) is 10.6. The van der Waals surface area contributed by atoms with Crippen LogP contribution < -0.4 is 5.32 Å². The lowest BCUT2D eigenvalue weighted by atomic mass is 10.2. The fourth-order valence-electron chi connectivity index (χ4n) is 2.72. The second kappa shape index (κ2) is 8.53. The molecule has 0 bridgehead atoms. The van der Waals surface area contributed by atoms with E-state index in [4.69, 9.17) is 0 Å². The minimum atomic E-state index is 0.0126. The van der Waals surface area contributed by atoms with Crippen molar-refractivity contribution in [2.45, 2.75) is 33.1 Å². The minimum Gasteiger partial charge on any atom is -0.322 e. The van der Waals surface area contributed by atoms with Gasteiger partial charge in [0.15, 0.2) is 0 Å². The molecule has 5 heteroatoms. The summed E-state index contributed by atoms with van der Waals surface area (Å²) in [5.41, 5.74) is 1.96. The molecule has 1 aromatic carbocycles. The van der Waals surface area contributed by atoms with Crippen molar-refractivity contribution in [3.8, 4) is 0 Å². The van der Waals surface area contributed by atoms with Crippen molar-refractivity contribution in [3.05, 3.63) is 28.2 Å². The quantitative estimate of drug-likeness (QED) is 0.795. The zero-order chi connectivity index (χ0) is 15.9. The molecule has 2 amide bonds. The number of carbonyl (C=O) groups is 1. The molecule has 0 spiro atoms. The number of nitrogens with zero attached hydrogens (tertiary/aromatic N) is 2. The molecule has 1 aliphatic heterocycles. The normalized spacial score (nSPS) is 15.9. The molecule has 0 saturated carbocycles. The Hall–Kier alpha value is -1.07. The Bertz CT molecular complexity index is 499. The standard InChI is InChI=1S/C17H26BrN3O/c1-3-4-5-8-20-9-11-21(12-10-20)17(22)19-16-7-6-15(18)13-14(16)2/h6-7,13H,3-5,8-12H2,1-2H3,(H,19,22). The zero-order valence-corrected chi connectivity index (χ0v) is 15.2. The summed E-state index contributed by atoms with van der Waals surface area (Å²) in [6.07, 6.45) is 3.82. The van der Waals surface area contributed by atoms with Crippen molar-refractivity contribution >= 4 is 27.6 Å². The Morgan fingerprint density at radius 3 is 2.59 bits per heavy atom. The molecule has 1 fully saturated rings. The van der Waals surface area contributed by atoms with Gasteiger partial charge in [0.05, 0.1) is 0 Å². The van der Waals surface area contributed by atoms with Gasteiger partial charge in [0.2, 0.25) is 0 Å². The van der Waals surface area contributed by atoms with Gasteiger partial charge < -0.3 is 10.2 Å². The van der Waals surface area contributed by atoms with E-state index in [1.807, 2.05) is 30.0 Å². The summed E-state index contributed by atoms with van der Waals surface area (Å²) in [5, 5.41) is 3.02. The van der Waals surface area contributed by atoms with Crippen LogP contribution in [0.3, 0.4) is 0 Å². The number of amides is 2. The van der Waals surface area contributed by atoms with Gasteiger partial charge in [-0.25, -0.2) is 4.79 Å². The van der Waals surface area contributed by atoms with E-state index >= 15 is 0 Å². The number of hydrogen-bond donors (Lipinski definition) is 1. The number of rotatable bonds is 5. The number of piperazine rings is 1. The Kier molecular flexibility index (Phi) is 6.70. The molecule has 122 valence electrons. The monoisotopic (exact) mass is 367 g/mol. The van der Waals surface area contributed by atoms with Crippen LogP contribution in [0.15, 0.2) is 22.7 Å². The van der Waals surface area contributed by atoms with E-state index in [1.54, 1.807) is 0 Å². The molecule has 1 heterocycles. The maximum atomic E-state index is 12.4. The third-order valence-electron chi connectivity index (χ3n) is 4.17. The summed E-state index contributed by atoms with van der Waals surface area (Å²) in [6.45, 7) is 8.99. The van der Waals surface area contributed by atoms with Gasteiger partial charge in [-0.1, -0.05) is 35.7 Å². The van der Waals surface area contributed by atoms with E-state index in [9.17, 15) is 4.79 Å². The molecule has 1 N–H and O–H groups in total. The fourth-order valence-corrected chi connectivity index (χ4v) is 3.20. The summed E-state index contributed by atoms with van der Waals surface area (Å²) in [6, 6.07) is 5.92. The van der Waals surface area contributed by atoms with Crippen LogP contribution in [0.25, 0.3) is 0 Å². The number of nitrogens with one attached hydrogen (secondary N) is 1. The summed E-state index contributed by atoms with van der Waals surface area (Å²) in [4.78, 5) is 16.7. The molecule has 22 heavy (non-hydrogen) atoms. The second-order valence-electron chi connectivity index (χ2n) is 5.93. The highest BCUT2D eigenvalue weighted by molar-refractivity contribution is 9.10. The van der Waals surface area contributed by atoms with E-state index in [-0.39, 0.29) is 6.03 Å². The molecule has 0 aliphatic carbocycles. The number of unbranched alkanes of at least 4 members (excludes halogenated alkanes) is 2. The molecule has 2 rings (SSSR count). The molecule has 0 radical (unpaired) electrons. The number of anilines is 1. The number of halogens is 1. The van der Waals surface area contributed by atoms with Crippen LogP contribution in [0.4, 0.5) is 10.5 Å². The minimum absolute atomic E-state index is 0.0126. The maximum Gasteiger partial charge on any atom is 0.321 e. The lowest BCUT2D eigenvalue weighted by molar-refractivity contribution is 0.146. The van der Waals surface area contributed by atoms with E-state index in [0.29, 0.717) is 0 Å². The average molecular weight is 368 g/mol. The van der Waals surface area contributed by atoms with Crippen LogP contribution >= 0.6 is 15.9 Å². The molecular formula is C17H26BrN3O. The summed E-state index contributed by atoms with van der Waals surface area (Å²) >= 11 is 3.44. The van der Waals surface area contributed by atoms with Crippen molar-refractivity contribution in [3.63, 3.8) is 0 Å². The van der Waals surface area contributed by atoms with Gasteiger partial charge in [0, 0.05) is 36.3 Å². The second-order valence-corrected chi connectivity index (χ2v) is 6.84. The number of benzene rings is 1. The average Bonchev–Trinajstić information content (AvgIpc) is 2.51. The molecule has 0 aromatic heterocycles. The Labute approximate surface area is 142 Å². The highest BCUT2D eigenvalue weighted by Gasteiger charge is 2.21. The van der Waals surface area contributed by atoms with E-state index in [0.717, 1.165) is 48.4 Å². The Morgan fingerprint density at radius 2 is 1.95 bits per heavy atom. The highest BCUT2D eigenvalue weighted by Crippen LogP contribution is 2.20. The molecule has 1 aliphatic rings. The first kappa shape index (κ1) is 17.3. The van der Waals surface area contributed by atoms with Crippen molar-refractivity contribution < 1.29 is 4.79 Å². The van der Waals surface area contributed by atoms with Crippen LogP contribution in [0.2, 0.25) is 0 Å². The predicted octanol–water partition coefficient (Wildman–Crippen LogP) is 4.10. The third kappa shape index (κ3) is 4.99. The van der Waals surface area contributed by atoms with Gasteiger partial charge in [-0.3, -0.25) is 4.90 Å². The third-order valence-corrected chi connectivity index (χ3v) is 4.66. The van der Waals surface area contributed by atoms with Crippen LogP contribution in [0.1, 0.15) is 31.7 Å². The molecular weight excluding hydrogens is 342 g/mol. The number of urea groups is 1. The van der Waals surface area contributed by atoms with Crippen LogP contribution in [0, 0.1) is 6.92 Å². The fraction of sp³-hybridized carbons (Fsp3) is 0.588. The van der Waals surface area contributed by atoms with Gasteiger partial charge >= 0.3 is 6.03 Å². The maximum absolute atomic E-state index is 12.4. The molecule has 1 aromatic rings. The van der Waals surface area contributed by atoms with E-state index in [2.05, 4.69) is 33.1 Å². The van der Waals surface area contributed by atoms with Crippen molar-refractivity contribution in [1.82, 2.24) is 9.80 Å². The summed E-state index contributed by atoms with van der Waals surface area (Å²) in [5.74, 6) is 0. The Balaban J connectivity index is 1.80. The lowest BCUT2D eigenvalue weighted by Gasteiger charge is -2.34. The van der Waals surface area contributed by atoms with Crippen molar-refractivity contribution in [1.29, 1.82) is 0 Å². The first-order valence-electron chi connectivity index (χ1n) is 8.14. The van der Waals surface area contributed by atoms with Crippen molar-refractivity contribution in [2.24, 2.45) is 0 Å². The van der Waals surface area contributed by atoms with Crippen LogP contribution in [0.5, 0.6) is 0 Å². The summed E-state index contributed by atoms with van der Waals surface area (Å²) < 4.78 is 1.03. The topological polar surface area (TPSA) is 35.6 Å². The lowest BCUT2D eigenvalue weighted by Crippen LogP contribution is -2.50. The molecule has 0 unspecified atom stereocenters. The van der Waals surface area contributed by atoms with Gasteiger partial charge in [-0.05, 0) is 43.7 Å². The van der Waals surface area contributed by atoms with Gasteiger partial charge in [0.25, 0.3) is 0 Å². The molecule has 0 atom stereocenters. The zero-order valence-electron chi connectivity index (χ0n) is 13.6. The highest BCUT2D eigenvalue weighted by atomic mass is 79.9. The number of carbonyl (C=O) groups excluding carboxylic acids is 1.